The first kappa shape index (κ1) is 17.1. The third kappa shape index (κ3) is 5.59. The van der Waals surface area contributed by atoms with Gasteiger partial charge in [-0.05, 0) is 30.5 Å². The van der Waals surface area contributed by atoms with Crippen molar-refractivity contribution in [3.8, 4) is 11.5 Å². The summed E-state index contributed by atoms with van der Waals surface area (Å²) in [6, 6.07) is 5.74. The lowest BCUT2D eigenvalue weighted by Crippen LogP contribution is -2.19. The zero-order valence-electron chi connectivity index (χ0n) is 12.1. The molecule has 0 fully saturated rings. The Morgan fingerprint density at radius 1 is 1.25 bits per heavy atom. The lowest BCUT2D eigenvalue weighted by molar-refractivity contribution is 0.245. The maximum atomic E-state index is 11.1. The number of aryl methyl sites for hydroxylation is 1. The van der Waals surface area contributed by atoms with Crippen molar-refractivity contribution in [1.29, 1.82) is 0 Å². The minimum absolute atomic E-state index is 0.0829. The van der Waals surface area contributed by atoms with Gasteiger partial charge >= 0.3 is 0 Å². The predicted octanol–water partition coefficient (Wildman–Crippen LogP) is 3.23. The van der Waals surface area contributed by atoms with Gasteiger partial charge in [-0.2, -0.15) is 0 Å². The highest BCUT2D eigenvalue weighted by molar-refractivity contribution is 8.13. The van der Waals surface area contributed by atoms with Gasteiger partial charge in [-0.25, -0.2) is 8.42 Å². The van der Waals surface area contributed by atoms with Crippen LogP contribution in [0.1, 0.15) is 25.8 Å². The predicted molar refractivity (Wildman–Crippen MR) is 81.3 cm³/mol. The summed E-state index contributed by atoms with van der Waals surface area (Å²) >= 11 is 0. The van der Waals surface area contributed by atoms with E-state index in [-0.39, 0.29) is 11.7 Å². The molecular weight excluding hydrogens is 300 g/mol. The first-order chi connectivity index (χ1) is 9.39. The summed E-state index contributed by atoms with van der Waals surface area (Å²) in [5.74, 6) is 1.07. The van der Waals surface area contributed by atoms with Gasteiger partial charge in [-0.1, -0.05) is 19.9 Å². The van der Waals surface area contributed by atoms with Crippen molar-refractivity contribution in [1.82, 2.24) is 0 Å². The van der Waals surface area contributed by atoms with Crippen molar-refractivity contribution in [2.75, 3.05) is 19.5 Å². The van der Waals surface area contributed by atoms with E-state index in [4.69, 9.17) is 20.2 Å². The molecule has 6 heteroatoms. The van der Waals surface area contributed by atoms with Crippen LogP contribution in [0.5, 0.6) is 11.5 Å². The quantitative estimate of drug-likeness (QED) is 0.690. The highest BCUT2D eigenvalue weighted by Crippen LogP contribution is 2.29. The number of ether oxygens (including phenoxy) is 2. The van der Waals surface area contributed by atoms with Gasteiger partial charge < -0.3 is 9.47 Å². The number of rotatable bonds is 8. The highest BCUT2D eigenvalue weighted by Gasteiger charge is 2.17. The van der Waals surface area contributed by atoms with E-state index in [0.29, 0.717) is 24.5 Å². The first-order valence-electron chi connectivity index (χ1n) is 6.61. The third-order valence-electron chi connectivity index (χ3n) is 3.12. The maximum Gasteiger partial charge on any atom is 0.232 e. The number of hydrogen-bond acceptors (Lipinski definition) is 4. The van der Waals surface area contributed by atoms with Crippen LogP contribution in [0.2, 0.25) is 0 Å². The van der Waals surface area contributed by atoms with Crippen LogP contribution in [-0.4, -0.2) is 27.9 Å². The molecule has 0 aliphatic heterocycles. The van der Waals surface area contributed by atoms with Crippen molar-refractivity contribution >= 4 is 19.7 Å². The van der Waals surface area contributed by atoms with Crippen molar-refractivity contribution in [3.63, 3.8) is 0 Å². The average molecular weight is 321 g/mol. The highest BCUT2D eigenvalue weighted by atomic mass is 35.7. The molecule has 114 valence electrons. The van der Waals surface area contributed by atoms with Crippen LogP contribution in [0.25, 0.3) is 0 Å². The van der Waals surface area contributed by atoms with Crippen LogP contribution < -0.4 is 9.47 Å². The molecule has 20 heavy (non-hydrogen) atoms. The van der Waals surface area contributed by atoms with E-state index >= 15 is 0 Å². The molecule has 0 spiro atoms. The van der Waals surface area contributed by atoms with Crippen molar-refractivity contribution in [2.45, 2.75) is 26.7 Å². The van der Waals surface area contributed by atoms with Crippen LogP contribution in [0, 0.1) is 5.92 Å². The van der Waals surface area contributed by atoms with E-state index in [9.17, 15) is 8.42 Å². The zero-order chi connectivity index (χ0) is 15.2. The monoisotopic (exact) mass is 320 g/mol. The minimum Gasteiger partial charge on any atom is -0.493 e. The SMILES string of the molecule is CCc1ccc(OCC(CC)CS(=O)(=O)Cl)c(OC)c1. The second-order valence-electron chi connectivity index (χ2n) is 4.63. The Hall–Kier alpha value is -0.940. The van der Waals surface area contributed by atoms with Gasteiger partial charge in [0.05, 0.1) is 19.5 Å². The standard InChI is InChI=1S/C14H21ClO4S/c1-4-11-6-7-13(14(8-11)18-3)19-9-12(5-2)10-20(15,16)17/h6-8,12H,4-5,9-10H2,1-3H3. The molecule has 0 N–H and O–H groups in total. The summed E-state index contributed by atoms with van der Waals surface area (Å²) in [5.41, 5.74) is 1.16. The van der Waals surface area contributed by atoms with E-state index in [1.807, 2.05) is 25.1 Å². The molecule has 1 rings (SSSR count). The van der Waals surface area contributed by atoms with E-state index < -0.39 is 9.05 Å². The Labute approximate surface area is 125 Å². The topological polar surface area (TPSA) is 52.6 Å². The second-order valence-corrected chi connectivity index (χ2v) is 7.45. The summed E-state index contributed by atoms with van der Waals surface area (Å²) in [6.07, 6.45) is 1.60. The normalized spacial score (nSPS) is 13.0. The molecule has 1 aromatic carbocycles. The fourth-order valence-corrected chi connectivity index (χ4v) is 3.25. The third-order valence-corrected chi connectivity index (χ3v) is 4.37. The molecule has 0 bridgehead atoms. The Balaban J connectivity index is 2.73. The molecule has 0 amide bonds. The van der Waals surface area contributed by atoms with Gasteiger partial charge in [0.15, 0.2) is 11.5 Å². The second kappa shape index (κ2) is 7.74. The Kier molecular flexibility index (Phi) is 6.62. The maximum absolute atomic E-state index is 11.1. The molecule has 1 unspecified atom stereocenters. The summed E-state index contributed by atoms with van der Waals surface area (Å²) in [6.45, 7) is 4.27. The van der Waals surface area contributed by atoms with Crippen LogP contribution in [0.3, 0.4) is 0 Å². The molecule has 0 saturated heterocycles. The minimum atomic E-state index is -3.51. The molecule has 0 heterocycles. The Morgan fingerprint density at radius 2 is 1.95 bits per heavy atom. The molecule has 0 aliphatic rings. The van der Waals surface area contributed by atoms with Crippen LogP contribution >= 0.6 is 10.7 Å². The van der Waals surface area contributed by atoms with E-state index in [1.54, 1.807) is 7.11 Å². The van der Waals surface area contributed by atoms with Gasteiger partial charge in [0.25, 0.3) is 0 Å². The summed E-state index contributed by atoms with van der Waals surface area (Å²) in [5, 5.41) is 0. The molecule has 0 aromatic heterocycles. The molecule has 0 saturated carbocycles. The van der Waals surface area contributed by atoms with E-state index in [1.165, 1.54) is 0 Å². The average Bonchev–Trinajstić information content (AvgIpc) is 2.41. The van der Waals surface area contributed by atoms with Gasteiger partial charge in [0.1, 0.15) is 0 Å². The smallest absolute Gasteiger partial charge is 0.232 e. The molecule has 4 nitrogen and oxygen atoms in total. The lowest BCUT2D eigenvalue weighted by atomic mass is 10.1. The van der Waals surface area contributed by atoms with E-state index in [0.717, 1.165) is 12.0 Å². The van der Waals surface area contributed by atoms with Gasteiger partial charge in [0.2, 0.25) is 9.05 Å². The van der Waals surface area contributed by atoms with Crippen molar-refractivity contribution in [3.05, 3.63) is 23.8 Å². The number of halogens is 1. The Bertz CT molecular complexity index is 528. The van der Waals surface area contributed by atoms with Crippen LogP contribution in [-0.2, 0) is 15.5 Å². The van der Waals surface area contributed by atoms with Crippen molar-refractivity contribution in [2.24, 2.45) is 5.92 Å². The molecule has 1 atom stereocenters. The zero-order valence-corrected chi connectivity index (χ0v) is 13.6. The molecular formula is C14H21ClO4S. The summed E-state index contributed by atoms with van der Waals surface area (Å²) in [4.78, 5) is 0. The van der Waals surface area contributed by atoms with Gasteiger partial charge in [0, 0.05) is 16.6 Å². The van der Waals surface area contributed by atoms with E-state index in [2.05, 4.69) is 6.92 Å². The van der Waals surface area contributed by atoms with Crippen molar-refractivity contribution < 1.29 is 17.9 Å². The molecule has 0 aliphatic carbocycles. The first-order valence-corrected chi connectivity index (χ1v) is 9.09. The summed E-state index contributed by atoms with van der Waals surface area (Å²) in [7, 11) is 3.36. The fraction of sp³-hybridized carbons (Fsp3) is 0.571. The molecule has 0 radical (unpaired) electrons. The number of methoxy groups -OCH3 is 1. The largest absolute Gasteiger partial charge is 0.493 e. The Morgan fingerprint density at radius 3 is 2.45 bits per heavy atom. The van der Waals surface area contributed by atoms with Crippen LogP contribution in [0.4, 0.5) is 0 Å². The lowest BCUT2D eigenvalue weighted by Gasteiger charge is -2.16. The molecule has 1 aromatic rings. The number of benzene rings is 1. The van der Waals surface area contributed by atoms with Crippen LogP contribution in [0.15, 0.2) is 18.2 Å². The summed E-state index contributed by atoms with van der Waals surface area (Å²) < 4.78 is 33.2. The number of hydrogen-bond donors (Lipinski definition) is 0. The van der Waals surface area contributed by atoms with Gasteiger partial charge in [-0.15, -0.1) is 0 Å². The fourth-order valence-electron chi connectivity index (χ4n) is 1.82. The van der Waals surface area contributed by atoms with Gasteiger partial charge in [-0.3, -0.25) is 0 Å².